The number of phenols is 2. The van der Waals surface area contributed by atoms with E-state index < -0.39 is 9.49 Å². The Morgan fingerprint density at radius 3 is 1.50 bits per heavy atom. The minimum Gasteiger partial charge on any atom is -0.507 e. The maximum absolute atomic E-state index is 14.7. The Labute approximate surface area is 206 Å². The fraction of sp³-hybridized carbons (Fsp3) is 0.138. The number of hydrogen-bond acceptors (Lipinski definition) is 5. The number of carbonyl (C=O) groups excluding carboxylic acids is 1. The predicted molar refractivity (Wildman–Crippen MR) is 142 cm³/mol. The van der Waals surface area contributed by atoms with E-state index in [1.165, 1.54) is 23.5 Å². The van der Waals surface area contributed by atoms with Gasteiger partial charge in [0, 0.05) is 21.9 Å². The van der Waals surface area contributed by atoms with E-state index >= 15 is 0 Å². The number of benzene rings is 4. The molecule has 2 heterocycles. The van der Waals surface area contributed by atoms with Gasteiger partial charge >= 0.3 is 0 Å². The van der Waals surface area contributed by atoms with Crippen LogP contribution in [0.2, 0.25) is 0 Å². The molecule has 5 heteroatoms. The highest BCUT2D eigenvalue weighted by molar-refractivity contribution is 8.05. The third-order valence-corrected chi connectivity index (χ3v) is 9.55. The predicted octanol–water partition coefficient (Wildman–Crippen LogP) is 7.37. The largest absolute Gasteiger partial charge is 0.507 e. The van der Waals surface area contributed by atoms with E-state index in [0.717, 1.165) is 21.5 Å². The molecule has 0 amide bonds. The van der Waals surface area contributed by atoms with Crippen molar-refractivity contribution >= 4 is 50.9 Å². The van der Waals surface area contributed by atoms with Crippen molar-refractivity contribution in [2.45, 2.75) is 22.3 Å². The normalized spacial score (nSPS) is 23.8. The van der Waals surface area contributed by atoms with Crippen LogP contribution in [0.25, 0.3) is 21.5 Å². The Kier molecular flexibility index (Phi) is 5.01. The molecular weight excluding hydrogens is 460 g/mol. The summed E-state index contributed by atoms with van der Waals surface area (Å²) in [4.78, 5) is 14.7. The molecule has 0 saturated heterocycles. The van der Waals surface area contributed by atoms with Gasteiger partial charge in [0.1, 0.15) is 21.0 Å². The van der Waals surface area contributed by atoms with Gasteiger partial charge in [0.2, 0.25) is 0 Å². The van der Waals surface area contributed by atoms with Gasteiger partial charge in [-0.25, -0.2) is 0 Å². The van der Waals surface area contributed by atoms with Crippen molar-refractivity contribution in [1.29, 1.82) is 0 Å². The van der Waals surface area contributed by atoms with Crippen LogP contribution in [0, 0.1) is 0 Å². The Morgan fingerprint density at radius 2 is 1.09 bits per heavy atom. The average molecular weight is 483 g/mol. The maximum atomic E-state index is 14.7. The Morgan fingerprint density at radius 1 is 0.647 bits per heavy atom. The van der Waals surface area contributed by atoms with Gasteiger partial charge in [0.05, 0.1) is 0 Å². The summed E-state index contributed by atoms with van der Waals surface area (Å²) in [7, 11) is 0. The summed E-state index contributed by atoms with van der Waals surface area (Å²) in [6.45, 7) is 0. The van der Waals surface area contributed by atoms with Gasteiger partial charge in [-0.3, -0.25) is 4.79 Å². The highest BCUT2D eigenvalue weighted by Gasteiger charge is 2.55. The highest BCUT2D eigenvalue weighted by Crippen LogP contribution is 2.59. The maximum Gasteiger partial charge on any atom is 0.175 e. The quantitative estimate of drug-likeness (QED) is 0.318. The summed E-state index contributed by atoms with van der Waals surface area (Å²) in [6, 6.07) is 23.1. The number of allylic oxidation sites excluding steroid dienone is 2. The molecule has 0 spiro atoms. The number of rotatable bonds is 4. The average Bonchev–Trinajstić information content (AvgIpc) is 3.56. The van der Waals surface area contributed by atoms with Crippen LogP contribution < -0.4 is 0 Å². The summed E-state index contributed by atoms with van der Waals surface area (Å²) in [5.74, 6) is 0.286. The van der Waals surface area contributed by atoms with Crippen molar-refractivity contribution < 1.29 is 15.0 Å². The molecule has 2 aliphatic heterocycles. The molecule has 168 valence electrons. The third kappa shape index (κ3) is 2.97. The topological polar surface area (TPSA) is 57.5 Å². The first-order chi connectivity index (χ1) is 16.6. The first-order valence-electron chi connectivity index (χ1n) is 11.2. The Hall–Kier alpha value is -3.15. The smallest absolute Gasteiger partial charge is 0.175 e. The molecule has 0 bridgehead atoms. The lowest BCUT2D eigenvalue weighted by Crippen LogP contribution is -2.43. The van der Waals surface area contributed by atoms with Gasteiger partial charge in [-0.2, -0.15) is 0 Å². The van der Waals surface area contributed by atoms with Gasteiger partial charge in [0.25, 0.3) is 0 Å². The summed E-state index contributed by atoms with van der Waals surface area (Å²) in [5.41, 5.74) is 1.25. The van der Waals surface area contributed by atoms with Gasteiger partial charge in [-0.05, 0) is 34.4 Å². The molecule has 0 fully saturated rings. The van der Waals surface area contributed by atoms with Crippen molar-refractivity contribution in [2.75, 3.05) is 0 Å². The molecule has 0 radical (unpaired) electrons. The zero-order valence-electron chi connectivity index (χ0n) is 18.3. The molecule has 0 saturated carbocycles. The van der Waals surface area contributed by atoms with Gasteiger partial charge in [-0.15, -0.1) is 23.5 Å². The van der Waals surface area contributed by atoms with Crippen LogP contribution in [-0.2, 0) is 14.3 Å². The van der Waals surface area contributed by atoms with E-state index in [1.807, 2.05) is 95.8 Å². The third-order valence-electron chi connectivity index (χ3n) is 6.95. The number of aromatic hydroxyl groups is 2. The van der Waals surface area contributed by atoms with E-state index in [-0.39, 0.29) is 17.3 Å². The van der Waals surface area contributed by atoms with E-state index in [4.69, 9.17) is 0 Å². The molecule has 4 aromatic carbocycles. The van der Waals surface area contributed by atoms with Crippen LogP contribution in [0.1, 0.15) is 24.0 Å². The molecule has 0 aliphatic carbocycles. The van der Waals surface area contributed by atoms with Crippen molar-refractivity contribution in [3.8, 4) is 11.5 Å². The zero-order valence-corrected chi connectivity index (χ0v) is 19.9. The zero-order chi connectivity index (χ0) is 23.3. The van der Waals surface area contributed by atoms with Gasteiger partial charge in [0.15, 0.2) is 5.78 Å². The number of fused-ring (bicyclic) bond motifs is 2. The van der Waals surface area contributed by atoms with E-state index in [1.54, 1.807) is 0 Å². The lowest BCUT2D eigenvalue weighted by molar-refractivity contribution is -0.124. The summed E-state index contributed by atoms with van der Waals surface area (Å²) in [5, 5.41) is 29.9. The van der Waals surface area contributed by atoms with Crippen molar-refractivity contribution in [2.24, 2.45) is 0 Å². The second-order valence-corrected chi connectivity index (χ2v) is 11.1. The van der Waals surface area contributed by atoms with Crippen LogP contribution in [0.4, 0.5) is 0 Å². The van der Waals surface area contributed by atoms with Crippen molar-refractivity contribution in [1.82, 2.24) is 0 Å². The minimum absolute atomic E-state index is 0.0128. The molecule has 6 rings (SSSR count). The van der Waals surface area contributed by atoms with Crippen LogP contribution in [0.3, 0.4) is 0 Å². The summed E-state index contributed by atoms with van der Waals surface area (Å²) < 4.78 is -1.96. The number of Topliss-reactive ketones (excluding diaryl/α,β-unsaturated/α-hetero) is 1. The fourth-order valence-electron chi connectivity index (χ4n) is 5.23. The molecule has 3 nitrogen and oxygen atoms in total. The number of ketones is 1. The van der Waals surface area contributed by atoms with Gasteiger partial charge in [-0.1, -0.05) is 84.9 Å². The molecular formula is C29H22O3S2. The number of thioether (sulfide) groups is 2. The minimum atomic E-state index is -0.981. The number of carbonyl (C=O) groups is 1. The van der Waals surface area contributed by atoms with Crippen molar-refractivity contribution in [3.05, 3.63) is 107 Å². The monoisotopic (exact) mass is 482 g/mol. The molecule has 2 unspecified atom stereocenters. The standard InChI is InChI=1S/C29H22O3S2/c30-25-21-9-3-1-7-19(21)11-13-23(25)28(15-5-17-33-28)27(32)29(16-6-18-34-29)24-14-12-20-8-2-4-10-22(20)26(24)31/h1-14,17-18,30-31H,15-16H2. The van der Waals surface area contributed by atoms with Crippen LogP contribution in [0.5, 0.6) is 11.5 Å². The molecule has 34 heavy (non-hydrogen) atoms. The van der Waals surface area contributed by atoms with E-state index in [9.17, 15) is 15.0 Å². The first kappa shape index (κ1) is 21.4. The number of phenolic OH excluding ortho intramolecular Hbond substituents is 2. The summed E-state index contributed by atoms with van der Waals surface area (Å²) in [6.07, 6.45) is 4.97. The van der Waals surface area contributed by atoms with Crippen molar-refractivity contribution in [3.63, 3.8) is 0 Å². The van der Waals surface area contributed by atoms with Crippen LogP contribution in [-0.4, -0.2) is 16.0 Å². The van der Waals surface area contributed by atoms with E-state index in [2.05, 4.69) is 0 Å². The fourth-order valence-corrected chi connectivity index (χ4v) is 7.67. The Bertz CT molecular complexity index is 1390. The van der Waals surface area contributed by atoms with Gasteiger partial charge < -0.3 is 10.2 Å². The second kappa shape index (κ2) is 7.97. The highest BCUT2D eigenvalue weighted by atomic mass is 32.2. The second-order valence-electron chi connectivity index (χ2n) is 8.74. The molecule has 2 N–H and O–H groups in total. The molecule has 0 aromatic heterocycles. The molecule has 2 aliphatic rings. The lowest BCUT2D eigenvalue weighted by atomic mass is 9.77. The molecule has 2 atom stereocenters. The van der Waals surface area contributed by atoms with Crippen LogP contribution >= 0.6 is 23.5 Å². The van der Waals surface area contributed by atoms with E-state index in [0.29, 0.717) is 24.0 Å². The summed E-state index contributed by atoms with van der Waals surface area (Å²) >= 11 is 2.90. The molecule has 4 aromatic rings. The SMILES string of the molecule is O=C(C1(c2ccc3ccccc3c2O)CC=CS1)C1(c2ccc3ccccc3c2O)CC=CS1. The Balaban J connectivity index is 1.56. The van der Waals surface area contributed by atoms with Crippen LogP contribution in [0.15, 0.2) is 95.8 Å². The lowest BCUT2D eigenvalue weighted by Gasteiger charge is -2.38. The number of hydrogen-bond donors (Lipinski definition) is 2. The first-order valence-corrected chi connectivity index (χ1v) is 13.0.